The first kappa shape index (κ1) is 22.3. The molecule has 4 N–H and O–H groups in total. The summed E-state index contributed by atoms with van der Waals surface area (Å²) in [7, 11) is 0. The van der Waals surface area contributed by atoms with Crippen molar-refractivity contribution in [2.75, 3.05) is 18.5 Å². The highest BCUT2D eigenvalue weighted by molar-refractivity contribution is 7.80. The van der Waals surface area contributed by atoms with Crippen LogP contribution >= 0.6 is 12.2 Å². The van der Waals surface area contributed by atoms with E-state index in [1.807, 2.05) is 37.3 Å². The normalized spacial score (nSPS) is 12.9. The van der Waals surface area contributed by atoms with Crippen LogP contribution in [-0.2, 0) is 9.53 Å². The molecule has 1 rings (SSSR count). The van der Waals surface area contributed by atoms with Gasteiger partial charge in [-0.3, -0.25) is 15.6 Å². The first-order valence-electron chi connectivity index (χ1n) is 9.24. The van der Waals surface area contributed by atoms with Crippen molar-refractivity contribution in [1.82, 2.24) is 10.9 Å². The van der Waals surface area contributed by atoms with E-state index in [1.165, 1.54) is 0 Å². The third-order valence-corrected chi connectivity index (χ3v) is 4.03. The Hall–Kier alpha value is -1.70. The Morgan fingerprint density at radius 1 is 1.19 bits per heavy atom. The minimum Gasteiger partial charge on any atom is -0.391 e. The molecule has 0 fully saturated rings. The van der Waals surface area contributed by atoms with E-state index in [-0.39, 0.29) is 18.4 Å². The SMILES string of the molecule is CCCC[C@@H](C[C@@H](O)COCCC)C(=O)NNC(=S)Nc1ccccc1. The Bertz CT molecular complexity index is 528. The average Bonchev–Trinajstić information content (AvgIpc) is 2.64. The molecule has 0 aliphatic rings. The summed E-state index contributed by atoms with van der Waals surface area (Å²) in [6.45, 7) is 4.96. The monoisotopic (exact) mass is 381 g/mol. The highest BCUT2D eigenvalue weighted by Gasteiger charge is 2.22. The summed E-state index contributed by atoms with van der Waals surface area (Å²) in [6.07, 6.45) is 3.26. The van der Waals surface area contributed by atoms with Crippen LogP contribution in [0, 0.1) is 5.92 Å². The number of hydrazine groups is 1. The largest absolute Gasteiger partial charge is 0.391 e. The number of para-hydroxylation sites is 1. The molecule has 7 heteroatoms. The summed E-state index contributed by atoms with van der Waals surface area (Å²) in [6, 6.07) is 9.47. The Labute approximate surface area is 161 Å². The molecular weight excluding hydrogens is 350 g/mol. The lowest BCUT2D eigenvalue weighted by atomic mass is 9.95. The molecule has 1 amide bonds. The van der Waals surface area contributed by atoms with E-state index >= 15 is 0 Å². The molecule has 6 nitrogen and oxygen atoms in total. The van der Waals surface area contributed by atoms with Gasteiger partial charge in [-0.2, -0.15) is 0 Å². The van der Waals surface area contributed by atoms with E-state index in [1.54, 1.807) is 0 Å². The fourth-order valence-corrected chi connectivity index (χ4v) is 2.64. The zero-order chi connectivity index (χ0) is 19.2. The van der Waals surface area contributed by atoms with Gasteiger partial charge in [-0.15, -0.1) is 0 Å². The second-order valence-corrected chi connectivity index (χ2v) is 6.65. The number of hydrogen-bond acceptors (Lipinski definition) is 4. The van der Waals surface area contributed by atoms with Crippen LogP contribution in [0.4, 0.5) is 5.69 Å². The Balaban J connectivity index is 2.44. The summed E-state index contributed by atoms with van der Waals surface area (Å²) in [5.74, 6) is -0.465. The Kier molecular flexibility index (Phi) is 11.6. The van der Waals surface area contributed by atoms with Crippen LogP contribution in [0.1, 0.15) is 46.0 Å². The number of unbranched alkanes of at least 4 members (excludes halogenated alkanes) is 1. The average molecular weight is 382 g/mol. The highest BCUT2D eigenvalue weighted by atomic mass is 32.1. The van der Waals surface area contributed by atoms with Gasteiger partial charge in [-0.1, -0.05) is 44.9 Å². The summed E-state index contributed by atoms with van der Waals surface area (Å²) in [5.41, 5.74) is 6.20. The molecule has 0 aromatic heterocycles. The van der Waals surface area contributed by atoms with E-state index in [4.69, 9.17) is 17.0 Å². The number of carbonyl (C=O) groups excluding carboxylic acids is 1. The second-order valence-electron chi connectivity index (χ2n) is 6.24. The van der Waals surface area contributed by atoms with E-state index in [0.29, 0.717) is 24.6 Å². The molecule has 0 saturated carbocycles. The van der Waals surface area contributed by atoms with Crippen LogP contribution in [0.5, 0.6) is 0 Å². The van der Waals surface area contributed by atoms with Gasteiger partial charge in [-0.25, -0.2) is 0 Å². The smallest absolute Gasteiger partial charge is 0.241 e. The van der Waals surface area contributed by atoms with Crippen molar-refractivity contribution in [3.05, 3.63) is 30.3 Å². The molecule has 0 heterocycles. The third kappa shape index (κ3) is 9.70. The molecule has 1 aromatic carbocycles. The van der Waals surface area contributed by atoms with Gasteiger partial charge in [0.05, 0.1) is 12.7 Å². The molecule has 0 bridgehead atoms. The van der Waals surface area contributed by atoms with Gasteiger partial charge < -0.3 is 15.2 Å². The quantitative estimate of drug-likeness (QED) is 0.268. The van der Waals surface area contributed by atoms with Gasteiger partial charge in [0.25, 0.3) is 0 Å². The number of aliphatic hydroxyl groups excluding tert-OH is 1. The zero-order valence-electron chi connectivity index (χ0n) is 15.7. The van der Waals surface area contributed by atoms with E-state index < -0.39 is 6.10 Å². The maximum absolute atomic E-state index is 12.5. The number of benzene rings is 1. The molecule has 2 atom stereocenters. The lowest BCUT2D eigenvalue weighted by molar-refractivity contribution is -0.127. The first-order valence-corrected chi connectivity index (χ1v) is 9.65. The van der Waals surface area contributed by atoms with Crippen LogP contribution < -0.4 is 16.2 Å². The number of aliphatic hydroxyl groups is 1. The molecular formula is C19H31N3O3S. The lowest BCUT2D eigenvalue weighted by Gasteiger charge is -2.20. The number of anilines is 1. The number of amides is 1. The van der Waals surface area contributed by atoms with Crippen LogP contribution in [0.2, 0.25) is 0 Å². The van der Waals surface area contributed by atoms with Crippen molar-refractivity contribution in [1.29, 1.82) is 0 Å². The van der Waals surface area contributed by atoms with Crippen LogP contribution in [0.15, 0.2) is 30.3 Å². The zero-order valence-corrected chi connectivity index (χ0v) is 16.5. The van der Waals surface area contributed by atoms with Crippen LogP contribution in [0.25, 0.3) is 0 Å². The molecule has 0 spiro atoms. The topological polar surface area (TPSA) is 82.6 Å². The maximum Gasteiger partial charge on any atom is 0.241 e. The number of thiocarbonyl (C=S) groups is 1. The number of rotatable bonds is 11. The Morgan fingerprint density at radius 2 is 1.92 bits per heavy atom. The van der Waals surface area contributed by atoms with Crippen LogP contribution in [0.3, 0.4) is 0 Å². The van der Waals surface area contributed by atoms with Crippen molar-refractivity contribution in [2.24, 2.45) is 5.92 Å². The van der Waals surface area contributed by atoms with Gasteiger partial charge in [0.15, 0.2) is 5.11 Å². The molecule has 0 aliphatic carbocycles. The molecule has 0 saturated heterocycles. The van der Waals surface area contributed by atoms with E-state index in [0.717, 1.165) is 24.9 Å². The van der Waals surface area contributed by atoms with Crippen molar-refractivity contribution in [2.45, 2.75) is 52.1 Å². The number of ether oxygens (including phenoxy) is 1. The Morgan fingerprint density at radius 3 is 2.58 bits per heavy atom. The standard InChI is InChI=1S/C19H31N3O3S/c1-3-5-9-15(13-17(23)14-25-12-4-2)18(24)21-22-19(26)20-16-10-7-6-8-11-16/h6-8,10-11,15,17,23H,3-5,9,12-14H2,1-2H3,(H,21,24)(H2,20,22,26)/t15-,17+/m0/s1. The van der Waals surface area contributed by atoms with Gasteiger partial charge in [0, 0.05) is 18.2 Å². The van der Waals surface area contributed by atoms with Crippen molar-refractivity contribution < 1.29 is 14.6 Å². The number of carbonyl (C=O) groups is 1. The first-order chi connectivity index (χ1) is 12.6. The minimum absolute atomic E-state index is 0.176. The van der Waals surface area contributed by atoms with Crippen molar-refractivity contribution in [3.8, 4) is 0 Å². The van der Waals surface area contributed by atoms with E-state index in [9.17, 15) is 9.90 Å². The lowest BCUT2D eigenvalue weighted by Crippen LogP contribution is -2.46. The molecule has 146 valence electrons. The van der Waals surface area contributed by atoms with Crippen molar-refractivity contribution in [3.63, 3.8) is 0 Å². The third-order valence-electron chi connectivity index (χ3n) is 3.82. The molecule has 0 unspecified atom stereocenters. The molecule has 0 aliphatic heterocycles. The number of hydrogen-bond donors (Lipinski definition) is 4. The van der Waals surface area contributed by atoms with Gasteiger partial charge in [0.1, 0.15) is 0 Å². The molecule has 1 aromatic rings. The second kappa shape index (κ2) is 13.5. The fourth-order valence-electron chi connectivity index (χ4n) is 2.47. The maximum atomic E-state index is 12.5. The van der Waals surface area contributed by atoms with Gasteiger partial charge in [-0.05, 0) is 43.6 Å². The summed E-state index contributed by atoms with van der Waals surface area (Å²) >= 11 is 5.18. The van der Waals surface area contributed by atoms with Crippen LogP contribution in [-0.4, -0.2) is 35.4 Å². The summed E-state index contributed by atoms with van der Waals surface area (Å²) in [5, 5.41) is 13.4. The molecule has 26 heavy (non-hydrogen) atoms. The predicted octanol–water partition coefficient (Wildman–Crippen LogP) is 2.99. The summed E-state index contributed by atoms with van der Waals surface area (Å²) < 4.78 is 5.37. The molecule has 0 radical (unpaired) electrons. The minimum atomic E-state index is -0.649. The van der Waals surface area contributed by atoms with Crippen molar-refractivity contribution >= 4 is 28.9 Å². The summed E-state index contributed by atoms with van der Waals surface area (Å²) in [4.78, 5) is 12.5. The predicted molar refractivity (Wildman–Crippen MR) is 109 cm³/mol. The van der Waals surface area contributed by atoms with Gasteiger partial charge >= 0.3 is 0 Å². The fraction of sp³-hybridized carbons (Fsp3) is 0.579. The van der Waals surface area contributed by atoms with E-state index in [2.05, 4.69) is 23.1 Å². The van der Waals surface area contributed by atoms with Gasteiger partial charge in [0.2, 0.25) is 5.91 Å². The highest BCUT2D eigenvalue weighted by Crippen LogP contribution is 2.16. The number of nitrogens with one attached hydrogen (secondary N) is 3.